The second-order valence-corrected chi connectivity index (χ2v) is 8.98. The van der Waals surface area contributed by atoms with Crippen molar-refractivity contribution < 1.29 is 13.9 Å². The highest BCUT2D eigenvalue weighted by Crippen LogP contribution is 2.33. The summed E-state index contributed by atoms with van der Waals surface area (Å²) in [6, 6.07) is 16.3. The van der Waals surface area contributed by atoms with E-state index in [0.29, 0.717) is 42.7 Å². The van der Waals surface area contributed by atoms with Crippen LogP contribution in [0, 0.1) is 19.7 Å². The molecule has 33 heavy (non-hydrogen) atoms. The zero-order valence-electron chi connectivity index (χ0n) is 19.0. The number of halogens is 1. The molecule has 3 aromatic rings. The molecule has 2 aromatic carbocycles. The van der Waals surface area contributed by atoms with Gasteiger partial charge in [0.05, 0.1) is 24.5 Å². The molecule has 0 aliphatic carbocycles. The van der Waals surface area contributed by atoms with Crippen molar-refractivity contribution in [3.63, 3.8) is 0 Å². The Kier molecular flexibility index (Phi) is 6.24. The SMILES string of the molecule is Cc1ccc(Nc2ncnc(OC3CC4COC[C@@H](C3)N4Cc3ccccc3)c2C)c(F)c1. The molecule has 2 bridgehead atoms. The van der Waals surface area contributed by atoms with E-state index in [0.717, 1.165) is 30.5 Å². The molecule has 1 N–H and O–H groups in total. The van der Waals surface area contributed by atoms with Gasteiger partial charge in [-0.25, -0.2) is 14.4 Å². The fraction of sp³-hybridized carbons (Fsp3) is 0.385. The van der Waals surface area contributed by atoms with Crippen molar-refractivity contribution >= 4 is 11.5 Å². The highest BCUT2D eigenvalue weighted by Gasteiger charge is 2.40. The Balaban J connectivity index is 1.28. The molecular weight excluding hydrogens is 419 g/mol. The lowest BCUT2D eigenvalue weighted by atomic mass is 9.91. The van der Waals surface area contributed by atoms with Gasteiger partial charge in [-0.2, -0.15) is 0 Å². The van der Waals surface area contributed by atoms with Crippen molar-refractivity contribution in [1.82, 2.24) is 14.9 Å². The van der Waals surface area contributed by atoms with Crippen LogP contribution in [0.15, 0.2) is 54.9 Å². The summed E-state index contributed by atoms with van der Waals surface area (Å²) in [4.78, 5) is 11.2. The third kappa shape index (κ3) is 4.84. The van der Waals surface area contributed by atoms with Crippen molar-refractivity contribution in [2.24, 2.45) is 0 Å². The molecule has 172 valence electrons. The first-order chi connectivity index (χ1) is 16.1. The molecule has 0 saturated carbocycles. The molecule has 3 heterocycles. The van der Waals surface area contributed by atoms with E-state index >= 15 is 0 Å². The van der Waals surface area contributed by atoms with Gasteiger partial charge >= 0.3 is 0 Å². The van der Waals surface area contributed by atoms with E-state index in [9.17, 15) is 4.39 Å². The highest BCUT2D eigenvalue weighted by atomic mass is 19.1. The van der Waals surface area contributed by atoms with Crippen molar-refractivity contribution in [2.45, 2.75) is 51.4 Å². The van der Waals surface area contributed by atoms with Crippen LogP contribution in [0.2, 0.25) is 0 Å². The molecule has 2 fully saturated rings. The van der Waals surface area contributed by atoms with Crippen LogP contribution >= 0.6 is 0 Å². The van der Waals surface area contributed by atoms with Gasteiger partial charge in [0.2, 0.25) is 5.88 Å². The maximum Gasteiger partial charge on any atom is 0.221 e. The van der Waals surface area contributed by atoms with Gasteiger partial charge in [0, 0.05) is 31.5 Å². The monoisotopic (exact) mass is 448 g/mol. The van der Waals surface area contributed by atoms with Crippen LogP contribution in [-0.2, 0) is 11.3 Å². The largest absolute Gasteiger partial charge is 0.474 e. The molecule has 2 unspecified atom stereocenters. The fourth-order valence-corrected chi connectivity index (χ4v) is 4.77. The minimum Gasteiger partial charge on any atom is -0.474 e. The number of nitrogens with one attached hydrogen (secondary N) is 1. The highest BCUT2D eigenvalue weighted by molar-refractivity contribution is 5.61. The Morgan fingerprint density at radius 1 is 1.06 bits per heavy atom. The number of anilines is 2. The maximum atomic E-state index is 14.3. The van der Waals surface area contributed by atoms with E-state index in [1.54, 1.807) is 6.07 Å². The zero-order chi connectivity index (χ0) is 22.8. The lowest BCUT2D eigenvalue weighted by molar-refractivity contribution is -0.104. The number of aromatic nitrogens is 2. The predicted molar refractivity (Wildman–Crippen MR) is 125 cm³/mol. The first-order valence-corrected chi connectivity index (χ1v) is 11.5. The van der Waals surface area contributed by atoms with Crippen LogP contribution in [0.25, 0.3) is 0 Å². The number of aryl methyl sites for hydroxylation is 1. The van der Waals surface area contributed by atoms with Gasteiger partial charge in [0.25, 0.3) is 0 Å². The minimum absolute atomic E-state index is 0.0495. The van der Waals surface area contributed by atoms with E-state index in [4.69, 9.17) is 9.47 Å². The Morgan fingerprint density at radius 2 is 1.82 bits per heavy atom. The van der Waals surface area contributed by atoms with Crippen molar-refractivity contribution in [3.05, 3.63) is 77.4 Å². The summed E-state index contributed by atoms with van der Waals surface area (Å²) in [6.07, 6.45) is 3.27. The molecule has 6 nitrogen and oxygen atoms in total. The first-order valence-electron chi connectivity index (χ1n) is 11.5. The van der Waals surface area contributed by atoms with Gasteiger partial charge in [-0.1, -0.05) is 36.4 Å². The zero-order valence-corrected chi connectivity index (χ0v) is 19.0. The Hall–Kier alpha value is -3.03. The summed E-state index contributed by atoms with van der Waals surface area (Å²) in [5, 5.41) is 3.09. The minimum atomic E-state index is -0.311. The van der Waals surface area contributed by atoms with E-state index < -0.39 is 0 Å². The molecule has 1 aromatic heterocycles. The van der Waals surface area contributed by atoms with Gasteiger partial charge in [-0.15, -0.1) is 0 Å². The number of nitrogens with zero attached hydrogens (tertiary/aromatic N) is 3. The molecule has 2 saturated heterocycles. The number of hydrogen-bond donors (Lipinski definition) is 1. The molecule has 0 amide bonds. The number of rotatable bonds is 6. The number of piperidine rings is 1. The van der Waals surface area contributed by atoms with E-state index in [1.807, 2.05) is 26.0 Å². The molecule has 0 radical (unpaired) electrons. The summed E-state index contributed by atoms with van der Waals surface area (Å²) in [6.45, 7) is 6.12. The maximum absolute atomic E-state index is 14.3. The average Bonchev–Trinajstić information content (AvgIpc) is 2.79. The quantitative estimate of drug-likeness (QED) is 0.585. The second-order valence-electron chi connectivity index (χ2n) is 8.98. The second kappa shape index (κ2) is 9.45. The summed E-state index contributed by atoms with van der Waals surface area (Å²) >= 11 is 0. The lowest BCUT2D eigenvalue weighted by Crippen LogP contribution is -2.58. The molecule has 3 atom stereocenters. The molecule has 0 spiro atoms. The lowest BCUT2D eigenvalue weighted by Gasteiger charge is -2.48. The van der Waals surface area contributed by atoms with Crippen LogP contribution < -0.4 is 10.1 Å². The summed E-state index contributed by atoms with van der Waals surface area (Å²) < 4.78 is 26.6. The van der Waals surface area contributed by atoms with Crippen molar-refractivity contribution in [3.8, 4) is 5.88 Å². The van der Waals surface area contributed by atoms with Gasteiger partial charge < -0.3 is 14.8 Å². The van der Waals surface area contributed by atoms with Gasteiger partial charge in [0.15, 0.2) is 0 Å². The summed E-state index contributed by atoms with van der Waals surface area (Å²) in [5.74, 6) is 0.780. The number of hydrogen-bond acceptors (Lipinski definition) is 6. The Bertz CT molecular complexity index is 1100. The van der Waals surface area contributed by atoms with Crippen LogP contribution in [-0.4, -0.2) is 46.3 Å². The Labute approximate surface area is 193 Å². The molecule has 5 rings (SSSR count). The van der Waals surface area contributed by atoms with Crippen LogP contribution in [0.4, 0.5) is 15.9 Å². The normalized spacial score (nSPS) is 22.7. The third-order valence-electron chi connectivity index (χ3n) is 6.53. The molecule has 2 aliphatic rings. The summed E-state index contributed by atoms with van der Waals surface area (Å²) in [7, 11) is 0. The molecule has 2 aliphatic heterocycles. The topological polar surface area (TPSA) is 59.5 Å². The molecular formula is C26H29FN4O2. The van der Waals surface area contributed by atoms with Crippen LogP contribution in [0.3, 0.4) is 0 Å². The van der Waals surface area contributed by atoms with Crippen molar-refractivity contribution in [1.29, 1.82) is 0 Å². The van der Waals surface area contributed by atoms with E-state index in [-0.39, 0.29) is 11.9 Å². The Morgan fingerprint density at radius 3 is 2.55 bits per heavy atom. The van der Waals surface area contributed by atoms with Gasteiger partial charge in [-0.05, 0) is 37.1 Å². The number of morpholine rings is 1. The molecule has 7 heteroatoms. The van der Waals surface area contributed by atoms with E-state index in [2.05, 4.69) is 44.5 Å². The average molecular weight is 449 g/mol. The fourth-order valence-electron chi connectivity index (χ4n) is 4.77. The van der Waals surface area contributed by atoms with Gasteiger partial charge in [0.1, 0.15) is 24.1 Å². The van der Waals surface area contributed by atoms with Crippen molar-refractivity contribution in [2.75, 3.05) is 18.5 Å². The number of ether oxygens (including phenoxy) is 2. The summed E-state index contributed by atoms with van der Waals surface area (Å²) in [5.41, 5.74) is 3.34. The van der Waals surface area contributed by atoms with E-state index in [1.165, 1.54) is 18.0 Å². The van der Waals surface area contributed by atoms with Gasteiger partial charge in [-0.3, -0.25) is 4.90 Å². The van der Waals surface area contributed by atoms with Crippen LogP contribution in [0.5, 0.6) is 5.88 Å². The predicted octanol–water partition coefficient (Wildman–Crippen LogP) is 4.79. The number of benzene rings is 2. The van der Waals surface area contributed by atoms with Crippen LogP contribution in [0.1, 0.15) is 29.5 Å². The number of fused-ring (bicyclic) bond motifs is 2. The first kappa shape index (κ1) is 21.8. The third-order valence-corrected chi connectivity index (χ3v) is 6.53. The standard InChI is InChI=1S/C26H29FN4O2/c1-17-8-9-24(23(27)10-17)30-25-18(2)26(29-16-28-25)33-22-11-20-14-32-15-21(12-22)31(20)13-19-6-4-3-5-7-19/h3-10,16,20-22H,11-15H2,1-2H3,(H,28,29,30)/t20-,21?,22?/m1/s1. The smallest absolute Gasteiger partial charge is 0.221 e.